The van der Waals surface area contributed by atoms with Crippen LogP contribution in [0.25, 0.3) is 0 Å². The van der Waals surface area contributed by atoms with Crippen molar-refractivity contribution in [2.75, 3.05) is 13.1 Å². The standard InChI is InChI=1S/C21H31ClN2O2/c1-4-19(23-20(25)10-5-15(2)3)21(26)24-13-11-17(12-14-24)16-6-8-18(22)9-7-16/h6-9,15,17,19H,4-5,10-14H2,1-3H3,(H,23,25)/t19-/m1/s1. The summed E-state index contributed by atoms with van der Waals surface area (Å²) in [5.41, 5.74) is 1.29. The van der Waals surface area contributed by atoms with Crippen LogP contribution in [0.4, 0.5) is 0 Å². The number of carbonyl (C=O) groups excluding carboxylic acids is 2. The Morgan fingerprint density at radius 3 is 2.35 bits per heavy atom. The van der Waals surface area contributed by atoms with Crippen LogP contribution in [-0.2, 0) is 9.59 Å². The lowest BCUT2D eigenvalue weighted by Crippen LogP contribution is -2.50. The lowest BCUT2D eigenvalue weighted by atomic mass is 9.89. The number of piperidine rings is 1. The molecule has 1 aromatic carbocycles. The van der Waals surface area contributed by atoms with Gasteiger partial charge in [-0.2, -0.15) is 0 Å². The van der Waals surface area contributed by atoms with E-state index in [9.17, 15) is 9.59 Å². The highest BCUT2D eigenvalue weighted by Crippen LogP contribution is 2.29. The van der Waals surface area contributed by atoms with E-state index in [4.69, 9.17) is 11.6 Å². The summed E-state index contributed by atoms with van der Waals surface area (Å²) in [6.45, 7) is 7.63. The highest BCUT2D eigenvalue weighted by molar-refractivity contribution is 6.30. The van der Waals surface area contributed by atoms with Crippen LogP contribution in [0.1, 0.15) is 64.4 Å². The fourth-order valence-electron chi connectivity index (χ4n) is 3.41. The van der Waals surface area contributed by atoms with Crippen LogP contribution in [0, 0.1) is 5.92 Å². The summed E-state index contributed by atoms with van der Waals surface area (Å²) in [7, 11) is 0. The third kappa shape index (κ3) is 6.01. The van der Waals surface area contributed by atoms with E-state index in [1.807, 2.05) is 24.0 Å². The fraction of sp³-hybridized carbons (Fsp3) is 0.619. The summed E-state index contributed by atoms with van der Waals surface area (Å²) in [5, 5.41) is 3.67. The number of hydrogen-bond acceptors (Lipinski definition) is 2. The molecule has 1 aliphatic rings. The number of hydrogen-bond donors (Lipinski definition) is 1. The number of rotatable bonds is 7. The number of likely N-dealkylation sites (tertiary alicyclic amines) is 1. The van der Waals surface area contributed by atoms with Gasteiger partial charge in [-0.15, -0.1) is 0 Å². The SMILES string of the molecule is CC[C@@H](NC(=O)CCC(C)C)C(=O)N1CCC(c2ccc(Cl)cc2)CC1. The minimum atomic E-state index is -0.401. The number of nitrogens with one attached hydrogen (secondary N) is 1. The van der Waals surface area contributed by atoms with Gasteiger partial charge in [-0.1, -0.05) is 44.5 Å². The molecule has 1 N–H and O–H groups in total. The van der Waals surface area contributed by atoms with Crippen molar-refractivity contribution in [2.45, 2.75) is 64.8 Å². The Morgan fingerprint density at radius 2 is 1.81 bits per heavy atom. The van der Waals surface area contributed by atoms with Crippen LogP contribution in [0.2, 0.25) is 5.02 Å². The van der Waals surface area contributed by atoms with Gasteiger partial charge < -0.3 is 10.2 Å². The van der Waals surface area contributed by atoms with Crippen LogP contribution in [0.5, 0.6) is 0 Å². The second-order valence-electron chi connectivity index (χ2n) is 7.61. The third-order valence-corrected chi connectivity index (χ3v) is 5.39. The molecule has 0 radical (unpaired) electrons. The Hall–Kier alpha value is -1.55. The van der Waals surface area contributed by atoms with Gasteiger partial charge in [0.1, 0.15) is 6.04 Å². The second kappa shape index (κ2) is 9.96. The molecule has 0 unspecified atom stereocenters. The van der Waals surface area contributed by atoms with E-state index in [0.717, 1.165) is 37.4 Å². The molecule has 1 saturated heterocycles. The predicted molar refractivity (Wildman–Crippen MR) is 106 cm³/mol. The third-order valence-electron chi connectivity index (χ3n) is 5.14. The van der Waals surface area contributed by atoms with Gasteiger partial charge >= 0.3 is 0 Å². The first-order valence-electron chi connectivity index (χ1n) is 9.74. The van der Waals surface area contributed by atoms with E-state index in [1.54, 1.807) is 0 Å². The smallest absolute Gasteiger partial charge is 0.245 e. The van der Waals surface area contributed by atoms with Crippen molar-refractivity contribution in [2.24, 2.45) is 5.92 Å². The molecule has 1 aromatic rings. The van der Waals surface area contributed by atoms with Crippen molar-refractivity contribution in [3.8, 4) is 0 Å². The summed E-state index contributed by atoms with van der Waals surface area (Å²) < 4.78 is 0. The second-order valence-corrected chi connectivity index (χ2v) is 8.05. The van der Waals surface area contributed by atoms with Gasteiger partial charge in [-0.05, 0) is 55.2 Å². The lowest BCUT2D eigenvalue weighted by molar-refractivity contribution is -0.137. The minimum Gasteiger partial charge on any atom is -0.344 e. The molecule has 144 valence electrons. The molecule has 2 amide bonds. The highest BCUT2D eigenvalue weighted by atomic mass is 35.5. The molecule has 2 rings (SSSR count). The van der Waals surface area contributed by atoms with Crippen molar-refractivity contribution >= 4 is 23.4 Å². The zero-order valence-corrected chi connectivity index (χ0v) is 16.9. The van der Waals surface area contributed by atoms with Gasteiger partial charge in [-0.25, -0.2) is 0 Å². The number of amides is 2. The van der Waals surface area contributed by atoms with Gasteiger partial charge in [0.2, 0.25) is 11.8 Å². The molecule has 26 heavy (non-hydrogen) atoms. The van der Waals surface area contributed by atoms with Gasteiger partial charge in [0, 0.05) is 24.5 Å². The Labute approximate surface area is 162 Å². The molecule has 1 aliphatic heterocycles. The molecule has 4 nitrogen and oxygen atoms in total. The summed E-state index contributed by atoms with van der Waals surface area (Å²) in [6, 6.07) is 7.60. The largest absolute Gasteiger partial charge is 0.344 e. The summed E-state index contributed by atoms with van der Waals surface area (Å²) in [6.07, 6.45) is 3.86. The molecular weight excluding hydrogens is 348 g/mol. The fourth-order valence-corrected chi connectivity index (χ4v) is 3.54. The predicted octanol–water partition coefficient (Wildman–Crippen LogP) is 4.38. The zero-order chi connectivity index (χ0) is 19.1. The first-order chi connectivity index (χ1) is 12.4. The molecule has 5 heteroatoms. The zero-order valence-electron chi connectivity index (χ0n) is 16.1. The number of benzene rings is 1. The minimum absolute atomic E-state index is 0.0186. The van der Waals surface area contributed by atoms with Gasteiger partial charge in [0.15, 0.2) is 0 Å². The number of nitrogens with zero attached hydrogens (tertiary/aromatic N) is 1. The van der Waals surface area contributed by atoms with Crippen molar-refractivity contribution in [3.63, 3.8) is 0 Å². The van der Waals surface area contributed by atoms with Crippen molar-refractivity contribution in [1.82, 2.24) is 10.2 Å². The van der Waals surface area contributed by atoms with Crippen LogP contribution in [0.3, 0.4) is 0 Å². The topological polar surface area (TPSA) is 49.4 Å². The average Bonchev–Trinajstić information content (AvgIpc) is 2.64. The van der Waals surface area contributed by atoms with E-state index >= 15 is 0 Å². The van der Waals surface area contributed by atoms with Crippen molar-refractivity contribution in [1.29, 1.82) is 0 Å². The maximum atomic E-state index is 12.8. The molecule has 0 bridgehead atoms. The Morgan fingerprint density at radius 1 is 1.19 bits per heavy atom. The first-order valence-corrected chi connectivity index (χ1v) is 10.1. The van der Waals surface area contributed by atoms with Crippen molar-refractivity contribution in [3.05, 3.63) is 34.9 Å². The normalized spacial score (nSPS) is 16.6. The Bertz CT molecular complexity index is 593. The number of halogens is 1. The van der Waals surface area contributed by atoms with E-state index in [-0.39, 0.29) is 11.8 Å². The van der Waals surface area contributed by atoms with E-state index in [1.165, 1.54) is 5.56 Å². The van der Waals surface area contributed by atoms with Crippen LogP contribution in [-0.4, -0.2) is 35.8 Å². The molecule has 0 spiro atoms. The maximum absolute atomic E-state index is 12.8. The summed E-state index contributed by atoms with van der Waals surface area (Å²) in [5.74, 6) is 0.996. The molecule has 1 heterocycles. The van der Waals surface area contributed by atoms with E-state index < -0.39 is 6.04 Å². The highest BCUT2D eigenvalue weighted by Gasteiger charge is 2.28. The van der Waals surface area contributed by atoms with Gasteiger partial charge in [0.05, 0.1) is 0 Å². The average molecular weight is 379 g/mol. The summed E-state index contributed by atoms with van der Waals surface area (Å²) >= 11 is 5.96. The van der Waals surface area contributed by atoms with Crippen LogP contribution < -0.4 is 5.32 Å². The monoisotopic (exact) mass is 378 g/mol. The molecule has 0 aliphatic carbocycles. The van der Waals surface area contributed by atoms with Crippen LogP contribution >= 0.6 is 11.6 Å². The van der Waals surface area contributed by atoms with Gasteiger partial charge in [-0.3, -0.25) is 9.59 Å². The molecule has 1 fully saturated rings. The Kier molecular flexibility index (Phi) is 7.95. The lowest BCUT2D eigenvalue weighted by Gasteiger charge is -2.34. The van der Waals surface area contributed by atoms with Crippen molar-refractivity contribution < 1.29 is 9.59 Å². The summed E-state index contributed by atoms with van der Waals surface area (Å²) in [4.78, 5) is 26.8. The molecule has 0 aromatic heterocycles. The maximum Gasteiger partial charge on any atom is 0.245 e. The first kappa shape index (κ1) is 20.8. The quantitative estimate of drug-likeness (QED) is 0.765. The van der Waals surface area contributed by atoms with E-state index in [0.29, 0.717) is 24.7 Å². The molecular formula is C21H31ClN2O2. The Balaban J connectivity index is 1.85. The molecule has 1 atom stereocenters. The number of carbonyl (C=O) groups is 2. The molecule has 0 saturated carbocycles. The van der Waals surface area contributed by atoms with Gasteiger partial charge in [0.25, 0.3) is 0 Å². The van der Waals surface area contributed by atoms with Crippen LogP contribution in [0.15, 0.2) is 24.3 Å². The van der Waals surface area contributed by atoms with E-state index in [2.05, 4.69) is 31.3 Å².